The maximum absolute atomic E-state index is 12.4. The Labute approximate surface area is 120 Å². The van der Waals surface area contributed by atoms with E-state index in [0.29, 0.717) is 19.0 Å². The quantitative estimate of drug-likeness (QED) is 0.655. The van der Waals surface area contributed by atoms with Crippen molar-refractivity contribution < 1.29 is 17.9 Å². The highest BCUT2D eigenvalue weighted by atomic mass is 32.2. The Bertz CT molecular complexity index is 428. The molecule has 1 saturated heterocycles. The number of sulfonamides is 1. The lowest BCUT2D eigenvalue weighted by molar-refractivity contribution is -0.140. The van der Waals surface area contributed by atoms with Crippen molar-refractivity contribution in [1.29, 1.82) is 0 Å². The first-order chi connectivity index (χ1) is 9.51. The van der Waals surface area contributed by atoms with Crippen LogP contribution in [0.1, 0.15) is 32.6 Å². The second-order valence-electron chi connectivity index (χ2n) is 5.61. The van der Waals surface area contributed by atoms with Crippen LogP contribution < -0.4 is 5.32 Å². The van der Waals surface area contributed by atoms with E-state index in [1.165, 1.54) is 4.31 Å². The maximum Gasteiger partial charge on any atom is 0.322 e. The van der Waals surface area contributed by atoms with Crippen LogP contribution in [0.25, 0.3) is 0 Å². The summed E-state index contributed by atoms with van der Waals surface area (Å²) in [6.07, 6.45) is 4.25. The van der Waals surface area contributed by atoms with E-state index >= 15 is 0 Å². The van der Waals surface area contributed by atoms with Crippen LogP contribution in [0.15, 0.2) is 0 Å². The number of rotatable bonds is 8. The van der Waals surface area contributed by atoms with Gasteiger partial charge in [-0.3, -0.25) is 4.79 Å². The lowest BCUT2D eigenvalue weighted by atomic mass is 10.2. The van der Waals surface area contributed by atoms with E-state index in [1.54, 1.807) is 6.92 Å². The van der Waals surface area contributed by atoms with Crippen LogP contribution in [0, 0.1) is 5.92 Å². The average molecular weight is 304 g/mol. The zero-order valence-electron chi connectivity index (χ0n) is 12.0. The topological polar surface area (TPSA) is 75.7 Å². The Kier molecular flexibility index (Phi) is 5.40. The average Bonchev–Trinajstić information content (AvgIpc) is 3.02. The van der Waals surface area contributed by atoms with Crippen molar-refractivity contribution in [3.8, 4) is 0 Å². The van der Waals surface area contributed by atoms with Crippen LogP contribution in [0.2, 0.25) is 0 Å². The molecule has 20 heavy (non-hydrogen) atoms. The molecule has 0 radical (unpaired) electrons. The van der Waals surface area contributed by atoms with E-state index in [0.717, 1.165) is 32.2 Å². The highest BCUT2D eigenvalue weighted by molar-refractivity contribution is 7.89. The molecular formula is C13H24N2O4S. The van der Waals surface area contributed by atoms with Gasteiger partial charge in [0.25, 0.3) is 0 Å². The molecule has 1 aliphatic heterocycles. The summed E-state index contributed by atoms with van der Waals surface area (Å²) < 4.78 is 31.0. The van der Waals surface area contributed by atoms with Gasteiger partial charge in [0, 0.05) is 19.1 Å². The fourth-order valence-corrected chi connectivity index (χ4v) is 3.90. The number of ether oxygens (including phenoxy) is 1. The molecule has 1 aliphatic carbocycles. The summed E-state index contributed by atoms with van der Waals surface area (Å²) in [4.78, 5) is 11.5. The SMILES string of the molecule is CCOC(=O)CS(=O)(=O)N(CC1CC1)CC1CCCN1. The van der Waals surface area contributed by atoms with E-state index in [2.05, 4.69) is 5.32 Å². The summed E-state index contributed by atoms with van der Waals surface area (Å²) in [5.41, 5.74) is 0. The van der Waals surface area contributed by atoms with E-state index < -0.39 is 21.7 Å². The number of nitrogens with zero attached hydrogens (tertiary/aromatic N) is 1. The minimum atomic E-state index is -3.57. The van der Waals surface area contributed by atoms with Gasteiger partial charge in [0.1, 0.15) is 0 Å². The number of nitrogens with one attached hydrogen (secondary N) is 1. The predicted molar refractivity (Wildman–Crippen MR) is 75.7 cm³/mol. The number of carbonyl (C=O) groups is 1. The molecule has 0 spiro atoms. The number of hydrogen-bond donors (Lipinski definition) is 1. The van der Waals surface area contributed by atoms with Gasteiger partial charge < -0.3 is 10.1 Å². The predicted octanol–water partition coefficient (Wildman–Crippen LogP) is 0.343. The van der Waals surface area contributed by atoms with Crippen molar-refractivity contribution in [2.75, 3.05) is 32.0 Å². The van der Waals surface area contributed by atoms with Gasteiger partial charge in [-0.1, -0.05) is 0 Å². The Morgan fingerprint density at radius 3 is 2.60 bits per heavy atom. The lowest BCUT2D eigenvalue weighted by Gasteiger charge is -2.24. The molecule has 0 aromatic carbocycles. The van der Waals surface area contributed by atoms with Crippen LogP contribution >= 0.6 is 0 Å². The van der Waals surface area contributed by atoms with Gasteiger partial charge in [0.2, 0.25) is 10.0 Å². The van der Waals surface area contributed by atoms with Gasteiger partial charge in [-0.05, 0) is 45.1 Å². The molecule has 0 amide bonds. The van der Waals surface area contributed by atoms with Crippen molar-refractivity contribution in [2.24, 2.45) is 5.92 Å². The fraction of sp³-hybridized carbons (Fsp3) is 0.923. The molecule has 1 unspecified atom stereocenters. The summed E-state index contributed by atoms with van der Waals surface area (Å²) >= 11 is 0. The molecule has 0 bridgehead atoms. The summed E-state index contributed by atoms with van der Waals surface area (Å²) in [5, 5.41) is 3.31. The molecule has 1 N–H and O–H groups in total. The Hall–Kier alpha value is -0.660. The van der Waals surface area contributed by atoms with Gasteiger partial charge in [-0.25, -0.2) is 8.42 Å². The van der Waals surface area contributed by atoms with Crippen molar-refractivity contribution in [3.63, 3.8) is 0 Å². The molecule has 1 heterocycles. The molecule has 1 atom stereocenters. The summed E-state index contributed by atoms with van der Waals surface area (Å²) in [5.74, 6) is -0.735. The van der Waals surface area contributed by atoms with Crippen molar-refractivity contribution in [2.45, 2.75) is 38.6 Å². The summed E-state index contributed by atoms with van der Waals surface area (Å²) in [6, 6.07) is 0.214. The van der Waals surface area contributed by atoms with Crippen LogP contribution in [0.4, 0.5) is 0 Å². The lowest BCUT2D eigenvalue weighted by Crippen LogP contribution is -2.44. The van der Waals surface area contributed by atoms with Crippen molar-refractivity contribution in [3.05, 3.63) is 0 Å². The molecule has 0 aromatic heterocycles. The standard InChI is InChI=1S/C13H24N2O4S/c1-2-19-13(16)10-20(17,18)15(8-11-5-6-11)9-12-4-3-7-14-12/h11-12,14H,2-10H2,1H3. The van der Waals surface area contributed by atoms with Crippen molar-refractivity contribution >= 4 is 16.0 Å². The zero-order chi connectivity index (χ0) is 14.6. The van der Waals surface area contributed by atoms with Crippen LogP contribution in [0.3, 0.4) is 0 Å². The van der Waals surface area contributed by atoms with Gasteiger partial charge in [-0.2, -0.15) is 4.31 Å². The zero-order valence-corrected chi connectivity index (χ0v) is 12.8. The van der Waals surface area contributed by atoms with E-state index in [4.69, 9.17) is 4.74 Å². The first-order valence-electron chi connectivity index (χ1n) is 7.38. The summed E-state index contributed by atoms with van der Waals surface area (Å²) in [6.45, 7) is 3.84. The van der Waals surface area contributed by atoms with Gasteiger partial charge in [-0.15, -0.1) is 0 Å². The molecule has 0 aromatic rings. The molecule has 2 fully saturated rings. The molecule has 116 valence electrons. The number of esters is 1. The maximum atomic E-state index is 12.4. The third-order valence-corrected chi connectivity index (χ3v) is 5.43. The molecule has 2 rings (SSSR count). The minimum Gasteiger partial charge on any atom is -0.465 e. The highest BCUT2D eigenvalue weighted by Crippen LogP contribution is 2.31. The highest BCUT2D eigenvalue weighted by Gasteiger charge is 2.34. The third-order valence-electron chi connectivity index (χ3n) is 3.74. The normalized spacial score (nSPS) is 23.2. The molecule has 2 aliphatic rings. The van der Waals surface area contributed by atoms with E-state index in [-0.39, 0.29) is 12.6 Å². The molecule has 7 heteroatoms. The van der Waals surface area contributed by atoms with Crippen molar-refractivity contribution in [1.82, 2.24) is 9.62 Å². The third kappa shape index (κ3) is 4.71. The van der Waals surface area contributed by atoms with Gasteiger partial charge in [0.15, 0.2) is 5.75 Å². The van der Waals surface area contributed by atoms with Gasteiger partial charge >= 0.3 is 5.97 Å². The molecule has 1 saturated carbocycles. The Morgan fingerprint density at radius 2 is 2.05 bits per heavy atom. The smallest absolute Gasteiger partial charge is 0.322 e. The first-order valence-corrected chi connectivity index (χ1v) is 8.99. The molecule has 6 nitrogen and oxygen atoms in total. The van der Waals surface area contributed by atoms with Crippen LogP contribution in [0.5, 0.6) is 0 Å². The Morgan fingerprint density at radius 1 is 1.30 bits per heavy atom. The largest absolute Gasteiger partial charge is 0.465 e. The number of carbonyl (C=O) groups excluding carboxylic acids is 1. The van der Waals surface area contributed by atoms with Crippen LogP contribution in [-0.4, -0.2) is 56.7 Å². The van der Waals surface area contributed by atoms with Gasteiger partial charge in [0.05, 0.1) is 6.61 Å². The van der Waals surface area contributed by atoms with E-state index in [1.807, 2.05) is 0 Å². The first kappa shape index (κ1) is 15.7. The van der Waals surface area contributed by atoms with E-state index in [9.17, 15) is 13.2 Å². The minimum absolute atomic E-state index is 0.209. The summed E-state index contributed by atoms with van der Waals surface area (Å²) in [7, 11) is -3.57. The van der Waals surface area contributed by atoms with Crippen LogP contribution in [-0.2, 0) is 19.6 Å². The fourth-order valence-electron chi connectivity index (χ4n) is 2.49. The Balaban J connectivity index is 1.97. The monoisotopic (exact) mass is 304 g/mol. The second-order valence-corrected chi connectivity index (χ2v) is 7.58. The second kappa shape index (κ2) is 6.87. The number of hydrogen-bond acceptors (Lipinski definition) is 5. The molecular weight excluding hydrogens is 280 g/mol.